The fraction of sp³-hybridized carbons (Fsp3) is 0.938. The van der Waals surface area contributed by atoms with Crippen LogP contribution in [0.25, 0.3) is 0 Å². The summed E-state index contributed by atoms with van der Waals surface area (Å²) in [7, 11) is 0. The highest BCUT2D eigenvalue weighted by Gasteiger charge is 2.39. The van der Waals surface area contributed by atoms with E-state index in [0.29, 0.717) is 25.6 Å². The Labute approximate surface area is 123 Å². The number of hydrogen-bond donors (Lipinski definition) is 2. The van der Waals surface area contributed by atoms with Gasteiger partial charge in [-0.2, -0.15) is 0 Å². The van der Waals surface area contributed by atoms with Crippen LogP contribution in [0.4, 0.5) is 0 Å². The predicted molar refractivity (Wildman–Crippen MR) is 82.4 cm³/mol. The third kappa shape index (κ3) is 5.41. The number of rotatable bonds is 8. The zero-order chi connectivity index (χ0) is 15.0. The van der Waals surface area contributed by atoms with E-state index in [1.807, 2.05) is 0 Å². The smallest absolute Gasteiger partial charge is 0.227 e. The van der Waals surface area contributed by atoms with Crippen LogP contribution in [0.15, 0.2) is 0 Å². The van der Waals surface area contributed by atoms with E-state index >= 15 is 0 Å². The summed E-state index contributed by atoms with van der Waals surface area (Å²) >= 11 is 0. The number of hydrogen-bond acceptors (Lipinski definition) is 3. The van der Waals surface area contributed by atoms with Gasteiger partial charge in [0.15, 0.2) is 0 Å². The first-order chi connectivity index (χ1) is 9.50. The van der Waals surface area contributed by atoms with Crippen molar-refractivity contribution in [3.05, 3.63) is 0 Å². The molecule has 118 valence electrons. The molecule has 4 heteroatoms. The fourth-order valence-electron chi connectivity index (χ4n) is 2.72. The molecule has 1 aliphatic rings. The molecule has 1 aliphatic carbocycles. The van der Waals surface area contributed by atoms with Gasteiger partial charge in [0.05, 0.1) is 5.41 Å². The minimum atomic E-state index is -0.314. The number of ether oxygens (including phenoxy) is 1. The molecule has 0 unspecified atom stereocenters. The maximum absolute atomic E-state index is 12.4. The number of nitrogens with two attached hydrogens (primary N) is 1. The van der Waals surface area contributed by atoms with Gasteiger partial charge in [0.25, 0.3) is 0 Å². The summed E-state index contributed by atoms with van der Waals surface area (Å²) in [5.41, 5.74) is 5.57. The highest BCUT2D eigenvalue weighted by atomic mass is 16.5. The van der Waals surface area contributed by atoms with Crippen LogP contribution in [-0.4, -0.2) is 32.2 Å². The number of carbonyl (C=O) groups is 1. The molecule has 0 radical (unpaired) electrons. The van der Waals surface area contributed by atoms with E-state index in [1.165, 1.54) is 0 Å². The summed E-state index contributed by atoms with van der Waals surface area (Å²) < 4.78 is 5.51. The third-order valence-corrected chi connectivity index (χ3v) is 4.31. The van der Waals surface area contributed by atoms with Crippen LogP contribution in [0.2, 0.25) is 0 Å². The van der Waals surface area contributed by atoms with Gasteiger partial charge in [-0.3, -0.25) is 4.79 Å². The molecular formula is C16H32N2O2. The van der Waals surface area contributed by atoms with Crippen LogP contribution in [-0.2, 0) is 9.53 Å². The molecule has 1 amide bonds. The van der Waals surface area contributed by atoms with Gasteiger partial charge in [-0.1, -0.05) is 20.8 Å². The van der Waals surface area contributed by atoms with E-state index in [0.717, 1.165) is 44.6 Å². The minimum absolute atomic E-state index is 0.149. The van der Waals surface area contributed by atoms with Crippen molar-refractivity contribution < 1.29 is 9.53 Å². The van der Waals surface area contributed by atoms with E-state index in [4.69, 9.17) is 10.5 Å². The lowest BCUT2D eigenvalue weighted by atomic mass is 9.70. The Bertz CT molecular complexity index is 284. The molecule has 1 saturated carbocycles. The monoisotopic (exact) mass is 284 g/mol. The zero-order valence-electron chi connectivity index (χ0n) is 13.4. The van der Waals surface area contributed by atoms with E-state index in [2.05, 4.69) is 26.1 Å². The van der Waals surface area contributed by atoms with Crippen molar-refractivity contribution in [1.29, 1.82) is 0 Å². The summed E-state index contributed by atoms with van der Waals surface area (Å²) in [5.74, 6) is 1.44. The van der Waals surface area contributed by atoms with Crippen LogP contribution in [0.5, 0.6) is 0 Å². The average molecular weight is 284 g/mol. The van der Waals surface area contributed by atoms with Gasteiger partial charge >= 0.3 is 0 Å². The van der Waals surface area contributed by atoms with Gasteiger partial charge in [0.2, 0.25) is 5.91 Å². The van der Waals surface area contributed by atoms with Crippen molar-refractivity contribution >= 4 is 5.91 Å². The quantitative estimate of drug-likeness (QED) is 0.672. The second kappa shape index (κ2) is 8.63. The lowest BCUT2D eigenvalue weighted by Gasteiger charge is -2.37. The Morgan fingerprint density at radius 2 is 2.05 bits per heavy atom. The molecule has 4 nitrogen and oxygen atoms in total. The summed E-state index contributed by atoms with van der Waals surface area (Å²) in [4.78, 5) is 12.4. The van der Waals surface area contributed by atoms with Crippen LogP contribution < -0.4 is 11.1 Å². The van der Waals surface area contributed by atoms with Crippen molar-refractivity contribution in [3.8, 4) is 0 Å². The Balaban J connectivity index is 2.23. The van der Waals surface area contributed by atoms with E-state index in [1.54, 1.807) is 0 Å². The fourth-order valence-corrected chi connectivity index (χ4v) is 2.72. The second-order valence-corrected chi connectivity index (χ2v) is 6.75. The molecule has 1 rings (SSSR count). The summed E-state index contributed by atoms with van der Waals surface area (Å²) in [6.07, 6.45) is 4.96. The molecule has 3 N–H and O–H groups in total. The minimum Gasteiger partial charge on any atom is -0.381 e. The van der Waals surface area contributed by atoms with Gasteiger partial charge in [0, 0.05) is 26.3 Å². The van der Waals surface area contributed by atoms with Crippen LogP contribution in [0.3, 0.4) is 0 Å². The Kier molecular flexibility index (Phi) is 7.52. The van der Waals surface area contributed by atoms with Gasteiger partial charge in [-0.25, -0.2) is 0 Å². The number of carbonyl (C=O) groups excluding carboxylic acids is 1. The Morgan fingerprint density at radius 3 is 2.60 bits per heavy atom. The van der Waals surface area contributed by atoms with Crippen molar-refractivity contribution in [1.82, 2.24) is 5.32 Å². The topological polar surface area (TPSA) is 64.3 Å². The molecule has 1 fully saturated rings. The lowest BCUT2D eigenvalue weighted by Crippen LogP contribution is -2.48. The molecule has 0 heterocycles. The van der Waals surface area contributed by atoms with Gasteiger partial charge in [-0.05, 0) is 43.9 Å². The van der Waals surface area contributed by atoms with Crippen molar-refractivity contribution in [2.24, 2.45) is 23.0 Å². The highest BCUT2D eigenvalue weighted by molar-refractivity contribution is 5.83. The summed E-state index contributed by atoms with van der Waals surface area (Å²) in [6, 6.07) is 0. The molecule has 0 saturated heterocycles. The molecule has 20 heavy (non-hydrogen) atoms. The van der Waals surface area contributed by atoms with Gasteiger partial charge in [-0.15, -0.1) is 0 Å². The normalized spacial score (nSPS) is 26.8. The second-order valence-electron chi connectivity index (χ2n) is 6.75. The molecule has 0 atom stereocenters. The largest absolute Gasteiger partial charge is 0.381 e. The number of nitrogens with one attached hydrogen (secondary N) is 1. The maximum Gasteiger partial charge on any atom is 0.227 e. The summed E-state index contributed by atoms with van der Waals surface area (Å²) in [5, 5.41) is 3.05. The molecule has 0 aromatic heterocycles. The zero-order valence-corrected chi connectivity index (χ0v) is 13.4. The molecule has 0 aliphatic heterocycles. The first-order valence-electron chi connectivity index (χ1n) is 8.06. The van der Waals surface area contributed by atoms with Crippen LogP contribution >= 0.6 is 0 Å². The Morgan fingerprint density at radius 1 is 1.40 bits per heavy atom. The Hall–Kier alpha value is -0.610. The first-order valence-corrected chi connectivity index (χ1v) is 8.06. The van der Waals surface area contributed by atoms with Crippen LogP contribution in [0.1, 0.15) is 52.9 Å². The van der Waals surface area contributed by atoms with E-state index in [-0.39, 0.29) is 11.3 Å². The highest BCUT2D eigenvalue weighted by Crippen LogP contribution is 2.38. The van der Waals surface area contributed by atoms with E-state index < -0.39 is 0 Å². The third-order valence-electron chi connectivity index (χ3n) is 4.31. The van der Waals surface area contributed by atoms with Crippen molar-refractivity contribution in [2.45, 2.75) is 52.9 Å². The molecule has 0 aromatic rings. The van der Waals surface area contributed by atoms with Gasteiger partial charge < -0.3 is 15.8 Å². The standard InChI is InChI=1S/C16H32N2O2/c1-13(2)11-20-10-4-9-18-15(19)16(12-17)7-5-14(3)6-8-16/h13-14H,4-12,17H2,1-3H3,(H,18,19). The SMILES string of the molecule is CC(C)COCCCNC(=O)C1(CN)CCC(C)CC1. The molecule has 0 spiro atoms. The van der Waals surface area contributed by atoms with Crippen molar-refractivity contribution in [2.75, 3.05) is 26.3 Å². The lowest BCUT2D eigenvalue weighted by molar-refractivity contribution is -0.132. The number of amides is 1. The molecule has 0 aromatic carbocycles. The van der Waals surface area contributed by atoms with Crippen molar-refractivity contribution in [3.63, 3.8) is 0 Å². The average Bonchev–Trinajstić information content (AvgIpc) is 2.43. The first kappa shape index (κ1) is 17.4. The maximum atomic E-state index is 12.4. The predicted octanol–water partition coefficient (Wildman–Crippen LogP) is 2.32. The molecule has 0 bridgehead atoms. The summed E-state index contributed by atoms with van der Waals surface area (Å²) in [6.45, 7) is 9.19. The van der Waals surface area contributed by atoms with E-state index in [9.17, 15) is 4.79 Å². The van der Waals surface area contributed by atoms with Gasteiger partial charge in [0.1, 0.15) is 0 Å². The van der Waals surface area contributed by atoms with Crippen LogP contribution in [0, 0.1) is 17.3 Å². The molecular weight excluding hydrogens is 252 g/mol.